The van der Waals surface area contributed by atoms with Crippen LogP contribution >= 0.6 is 0 Å². The number of hydrogen-bond acceptors (Lipinski definition) is 3. The van der Waals surface area contributed by atoms with Gasteiger partial charge in [-0.2, -0.15) is 0 Å². The fraction of sp³-hybridized carbons (Fsp3) is 0.500. The molecule has 0 bridgehead atoms. The molecule has 0 saturated carbocycles. The second-order valence-electron chi connectivity index (χ2n) is 4.78. The van der Waals surface area contributed by atoms with E-state index in [0.717, 1.165) is 19.4 Å². The van der Waals surface area contributed by atoms with E-state index in [9.17, 15) is 9.18 Å². The quantitative estimate of drug-likeness (QED) is 0.837. The Kier molecular flexibility index (Phi) is 4.31. The molecule has 1 N–H and O–H groups in total. The summed E-state index contributed by atoms with van der Waals surface area (Å²) in [5.74, 6) is -0.608. The van der Waals surface area contributed by atoms with Gasteiger partial charge in [-0.25, -0.2) is 4.39 Å². The van der Waals surface area contributed by atoms with E-state index in [1.54, 1.807) is 18.2 Å². The molecule has 1 saturated heterocycles. The Morgan fingerprint density at radius 3 is 3.00 bits per heavy atom. The average molecular weight is 251 g/mol. The summed E-state index contributed by atoms with van der Waals surface area (Å²) in [4.78, 5) is 11.9. The monoisotopic (exact) mass is 251 g/mol. The van der Waals surface area contributed by atoms with Gasteiger partial charge in [-0.15, -0.1) is 0 Å². The van der Waals surface area contributed by atoms with Crippen molar-refractivity contribution < 1.29 is 13.9 Å². The van der Waals surface area contributed by atoms with Gasteiger partial charge in [0.25, 0.3) is 0 Å². The number of carbonyl (C=O) groups excluding carboxylic acids is 1. The highest BCUT2D eigenvalue weighted by atomic mass is 19.1. The first-order valence-corrected chi connectivity index (χ1v) is 6.30. The maximum Gasteiger partial charge on any atom is 0.309 e. The Morgan fingerprint density at radius 1 is 1.50 bits per heavy atom. The Hall–Kier alpha value is -1.42. The van der Waals surface area contributed by atoms with Gasteiger partial charge in [0.1, 0.15) is 12.4 Å². The Balaban J connectivity index is 1.86. The Bertz CT molecular complexity index is 422. The minimum Gasteiger partial charge on any atom is -0.460 e. The van der Waals surface area contributed by atoms with E-state index in [1.807, 2.05) is 0 Å². The third-order valence-corrected chi connectivity index (χ3v) is 3.28. The largest absolute Gasteiger partial charge is 0.460 e. The fourth-order valence-electron chi connectivity index (χ4n) is 2.23. The fourth-order valence-corrected chi connectivity index (χ4v) is 2.23. The Morgan fingerprint density at radius 2 is 2.28 bits per heavy atom. The van der Waals surface area contributed by atoms with Gasteiger partial charge in [0.05, 0.1) is 5.92 Å². The summed E-state index contributed by atoms with van der Waals surface area (Å²) in [5, 5.41) is 3.28. The van der Waals surface area contributed by atoms with E-state index in [1.165, 1.54) is 6.07 Å². The van der Waals surface area contributed by atoms with Crippen molar-refractivity contribution in [3.05, 3.63) is 35.6 Å². The van der Waals surface area contributed by atoms with E-state index >= 15 is 0 Å². The van der Waals surface area contributed by atoms with E-state index in [0.29, 0.717) is 11.6 Å². The predicted molar refractivity (Wildman–Crippen MR) is 66.4 cm³/mol. The molecule has 18 heavy (non-hydrogen) atoms. The summed E-state index contributed by atoms with van der Waals surface area (Å²) in [6.07, 6.45) is 1.58. The molecule has 4 heteroatoms. The maximum atomic E-state index is 13.3. The molecule has 98 valence electrons. The number of benzene rings is 1. The van der Waals surface area contributed by atoms with Gasteiger partial charge in [-0.3, -0.25) is 4.79 Å². The highest BCUT2D eigenvalue weighted by molar-refractivity contribution is 5.72. The molecule has 2 atom stereocenters. The first kappa shape index (κ1) is 13.0. The summed E-state index contributed by atoms with van der Waals surface area (Å²) in [6.45, 7) is 2.90. The molecule has 1 aromatic carbocycles. The number of ether oxygens (including phenoxy) is 1. The number of halogens is 1. The minimum atomic E-state index is -0.330. The molecule has 0 radical (unpaired) electrons. The zero-order chi connectivity index (χ0) is 13.0. The van der Waals surface area contributed by atoms with E-state index in [4.69, 9.17) is 4.74 Å². The van der Waals surface area contributed by atoms with Crippen LogP contribution in [-0.4, -0.2) is 18.6 Å². The predicted octanol–water partition coefficient (Wildman–Crippen LogP) is 2.26. The number of esters is 1. The van der Waals surface area contributed by atoms with Crippen LogP contribution < -0.4 is 5.32 Å². The second kappa shape index (κ2) is 5.96. The van der Waals surface area contributed by atoms with Crippen molar-refractivity contribution in [2.75, 3.05) is 6.54 Å². The number of nitrogens with one attached hydrogen (secondary N) is 1. The van der Waals surface area contributed by atoms with Crippen LogP contribution in [0.4, 0.5) is 4.39 Å². The van der Waals surface area contributed by atoms with Crippen molar-refractivity contribution >= 4 is 5.97 Å². The van der Waals surface area contributed by atoms with Crippen LogP contribution in [0.15, 0.2) is 24.3 Å². The third-order valence-electron chi connectivity index (χ3n) is 3.28. The van der Waals surface area contributed by atoms with Crippen LogP contribution in [0.3, 0.4) is 0 Å². The van der Waals surface area contributed by atoms with Gasteiger partial charge in [-0.1, -0.05) is 18.2 Å². The topological polar surface area (TPSA) is 38.3 Å². The zero-order valence-electron chi connectivity index (χ0n) is 10.5. The van der Waals surface area contributed by atoms with E-state index < -0.39 is 0 Å². The van der Waals surface area contributed by atoms with Gasteiger partial charge < -0.3 is 10.1 Å². The van der Waals surface area contributed by atoms with Crippen LogP contribution in [0.5, 0.6) is 0 Å². The van der Waals surface area contributed by atoms with Crippen LogP contribution in [0.2, 0.25) is 0 Å². The lowest BCUT2D eigenvalue weighted by atomic mass is 9.93. The van der Waals surface area contributed by atoms with Crippen molar-refractivity contribution in [2.24, 2.45) is 5.92 Å². The molecule has 0 aromatic heterocycles. The molecule has 2 unspecified atom stereocenters. The van der Waals surface area contributed by atoms with Gasteiger partial charge >= 0.3 is 5.97 Å². The molecule has 0 spiro atoms. The van der Waals surface area contributed by atoms with Gasteiger partial charge in [0.2, 0.25) is 0 Å². The number of hydrogen-bond donors (Lipinski definition) is 1. The summed E-state index contributed by atoms with van der Waals surface area (Å²) in [6, 6.07) is 6.70. The van der Waals surface area contributed by atoms with Crippen molar-refractivity contribution in [1.29, 1.82) is 0 Å². The summed E-state index contributed by atoms with van der Waals surface area (Å²) in [7, 11) is 0. The van der Waals surface area contributed by atoms with Crippen LogP contribution in [0.25, 0.3) is 0 Å². The molecule has 1 aliphatic rings. The molecule has 1 aliphatic heterocycles. The number of carbonyl (C=O) groups is 1. The molecular weight excluding hydrogens is 233 g/mol. The first-order valence-electron chi connectivity index (χ1n) is 6.30. The maximum absolute atomic E-state index is 13.3. The number of rotatable bonds is 3. The standard InChI is InChI=1S/C14H18FNO2/c1-10-8-11(6-7-16-10)14(17)18-9-12-4-2-3-5-13(12)15/h2-5,10-11,16H,6-9H2,1H3. The van der Waals surface area contributed by atoms with E-state index in [2.05, 4.69) is 12.2 Å². The molecule has 1 fully saturated rings. The normalized spacial score (nSPS) is 23.7. The second-order valence-corrected chi connectivity index (χ2v) is 4.78. The zero-order valence-corrected chi connectivity index (χ0v) is 10.5. The molecular formula is C14H18FNO2. The summed E-state index contributed by atoms with van der Waals surface area (Å²) >= 11 is 0. The van der Waals surface area contributed by atoms with Crippen molar-refractivity contribution in [3.8, 4) is 0 Å². The van der Waals surface area contributed by atoms with Crippen LogP contribution in [-0.2, 0) is 16.1 Å². The Labute approximate surface area is 106 Å². The molecule has 0 aliphatic carbocycles. The first-order chi connectivity index (χ1) is 8.66. The van der Waals surface area contributed by atoms with Crippen LogP contribution in [0.1, 0.15) is 25.3 Å². The molecule has 1 aromatic rings. The SMILES string of the molecule is CC1CC(C(=O)OCc2ccccc2F)CCN1. The summed E-state index contributed by atoms with van der Waals surface area (Å²) in [5.41, 5.74) is 0.424. The lowest BCUT2D eigenvalue weighted by Crippen LogP contribution is -2.39. The van der Waals surface area contributed by atoms with Crippen molar-refractivity contribution in [3.63, 3.8) is 0 Å². The average Bonchev–Trinajstić information content (AvgIpc) is 2.37. The molecule has 2 rings (SSSR count). The highest BCUT2D eigenvalue weighted by Crippen LogP contribution is 2.18. The van der Waals surface area contributed by atoms with E-state index in [-0.39, 0.29) is 24.3 Å². The third kappa shape index (κ3) is 3.29. The van der Waals surface area contributed by atoms with Crippen LogP contribution in [0, 0.1) is 11.7 Å². The van der Waals surface area contributed by atoms with Crippen molar-refractivity contribution in [1.82, 2.24) is 5.32 Å². The molecule has 3 nitrogen and oxygen atoms in total. The van der Waals surface area contributed by atoms with Gasteiger partial charge in [-0.05, 0) is 32.4 Å². The van der Waals surface area contributed by atoms with Gasteiger partial charge in [0.15, 0.2) is 0 Å². The number of piperidine rings is 1. The molecule has 1 heterocycles. The van der Waals surface area contributed by atoms with Crippen molar-refractivity contribution in [2.45, 2.75) is 32.4 Å². The lowest BCUT2D eigenvalue weighted by molar-refractivity contribution is -0.151. The molecule has 0 amide bonds. The summed E-state index contributed by atoms with van der Waals surface area (Å²) < 4.78 is 18.5. The smallest absolute Gasteiger partial charge is 0.309 e. The minimum absolute atomic E-state index is 0.0177. The lowest BCUT2D eigenvalue weighted by Gasteiger charge is -2.26. The van der Waals surface area contributed by atoms with Gasteiger partial charge in [0, 0.05) is 11.6 Å². The highest BCUT2D eigenvalue weighted by Gasteiger charge is 2.26.